The van der Waals surface area contributed by atoms with E-state index >= 15 is 0 Å². The highest BCUT2D eigenvalue weighted by Gasteiger charge is 2.36. The molecule has 2 aromatic carbocycles. The van der Waals surface area contributed by atoms with E-state index in [1.807, 2.05) is 20.8 Å². The molecule has 0 unspecified atom stereocenters. The number of esters is 1. The lowest BCUT2D eigenvalue weighted by atomic mass is 10.1. The van der Waals surface area contributed by atoms with Crippen LogP contribution in [-0.4, -0.2) is 28.0 Å². The maximum Gasteiger partial charge on any atom is 0.457 e. The number of nitrogen functional groups attached to an aromatic ring is 1. The number of carbonyl (C=O) groups is 1. The van der Waals surface area contributed by atoms with Gasteiger partial charge in [0, 0.05) is 26.3 Å². The first kappa shape index (κ1) is 42.2. The van der Waals surface area contributed by atoms with Gasteiger partial charge in [0.05, 0.1) is 17.4 Å². The van der Waals surface area contributed by atoms with E-state index in [1.165, 1.54) is 26.0 Å². The molecule has 3 aromatic rings. The largest absolute Gasteiger partial charge is 0.508 e. The number of alkyl halides is 9. The lowest BCUT2D eigenvalue weighted by Crippen LogP contribution is -2.24. The Hall–Kier alpha value is -3.75. The average molecular weight is 783 g/mol. The van der Waals surface area contributed by atoms with Crippen molar-refractivity contribution in [1.29, 1.82) is 0 Å². The van der Waals surface area contributed by atoms with Crippen LogP contribution in [-0.2, 0) is 28.3 Å². The first-order valence-electron chi connectivity index (χ1n) is 12.7. The van der Waals surface area contributed by atoms with Gasteiger partial charge in [0.2, 0.25) is 0 Å². The van der Waals surface area contributed by atoms with Crippen molar-refractivity contribution in [3.63, 3.8) is 0 Å². The van der Waals surface area contributed by atoms with Gasteiger partial charge in [-0.15, -0.1) is 0 Å². The Labute approximate surface area is 272 Å². The highest BCUT2D eigenvalue weighted by molar-refractivity contribution is 14.1. The molecule has 1 heterocycles. The zero-order valence-corrected chi connectivity index (χ0v) is 27.4. The molecule has 0 aliphatic rings. The van der Waals surface area contributed by atoms with E-state index < -0.39 is 41.0 Å². The fourth-order valence-corrected chi connectivity index (χ4v) is 4.08. The second-order valence-corrected chi connectivity index (χ2v) is 11.1. The minimum Gasteiger partial charge on any atom is -0.508 e. The van der Waals surface area contributed by atoms with Gasteiger partial charge in [0.25, 0.3) is 0 Å². The van der Waals surface area contributed by atoms with Crippen molar-refractivity contribution < 1.29 is 63.7 Å². The van der Waals surface area contributed by atoms with Gasteiger partial charge in [-0.05, 0) is 101 Å². The van der Waals surface area contributed by atoms with Gasteiger partial charge in [-0.3, -0.25) is 4.79 Å². The molecule has 0 saturated heterocycles. The van der Waals surface area contributed by atoms with Crippen LogP contribution in [0.15, 0.2) is 47.1 Å². The van der Waals surface area contributed by atoms with Crippen LogP contribution in [0.25, 0.3) is 0 Å². The monoisotopic (exact) mass is 783 g/mol. The zero-order valence-electron chi connectivity index (χ0n) is 25.2. The van der Waals surface area contributed by atoms with Crippen molar-refractivity contribution in [2.45, 2.75) is 72.1 Å². The molecule has 3 rings (SSSR count). The van der Waals surface area contributed by atoms with Crippen LogP contribution >= 0.6 is 22.6 Å². The zero-order chi connectivity index (χ0) is 36.3. The molecule has 0 aliphatic carbocycles. The molecule has 0 radical (unpaired) electrons. The smallest absolute Gasteiger partial charge is 0.457 e. The molecular weight excluding hydrogens is 752 g/mol. The Morgan fingerprint density at radius 2 is 1.35 bits per heavy atom. The summed E-state index contributed by atoms with van der Waals surface area (Å²) in [5, 5.41) is 18.1. The van der Waals surface area contributed by atoms with Crippen molar-refractivity contribution in [1.82, 2.24) is 0 Å². The van der Waals surface area contributed by atoms with Crippen LogP contribution in [0.3, 0.4) is 0 Å². The van der Waals surface area contributed by atoms with E-state index in [2.05, 4.69) is 0 Å². The van der Waals surface area contributed by atoms with E-state index in [0.717, 1.165) is 25.0 Å². The van der Waals surface area contributed by atoms with E-state index in [4.69, 9.17) is 25.1 Å². The number of hydrogen-bond donors (Lipinski definition) is 3. The molecule has 6 nitrogen and oxygen atoms in total. The summed E-state index contributed by atoms with van der Waals surface area (Å²) in [6.45, 7) is 9.09. The van der Waals surface area contributed by atoms with Crippen LogP contribution in [0.1, 0.15) is 55.7 Å². The number of aromatic hydroxyl groups is 2. The normalized spacial score (nSPS) is 11.3. The van der Waals surface area contributed by atoms with Crippen LogP contribution < -0.4 is 5.73 Å². The summed E-state index contributed by atoms with van der Waals surface area (Å²) >= 11 is 1.60. The van der Waals surface area contributed by atoms with Crippen molar-refractivity contribution in [3.05, 3.63) is 74.2 Å². The highest BCUT2D eigenvalue weighted by atomic mass is 127. The summed E-state index contributed by atoms with van der Waals surface area (Å²) in [5.41, 5.74) is 2.26. The number of furan rings is 1. The first-order chi connectivity index (χ1) is 20.7. The Kier molecular flexibility index (Phi) is 15.8. The van der Waals surface area contributed by atoms with Crippen LogP contribution in [0, 0.1) is 29.3 Å². The number of phenols is 2. The van der Waals surface area contributed by atoms with Gasteiger partial charge < -0.3 is 25.1 Å². The van der Waals surface area contributed by atoms with Crippen molar-refractivity contribution in [2.24, 2.45) is 0 Å². The van der Waals surface area contributed by atoms with Crippen LogP contribution in [0.4, 0.5) is 45.2 Å². The Bertz CT molecular complexity index is 1410. The van der Waals surface area contributed by atoms with Gasteiger partial charge in [0.15, 0.2) is 0 Å². The number of hydrogen-bond acceptors (Lipinski definition) is 6. The van der Waals surface area contributed by atoms with Gasteiger partial charge >= 0.3 is 24.5 Å². The molecule has 46 heavy (non-hydrogen) atoms. The van der Waals surface area contributed by atoms with Crippen molar-refractivity contribution >= 4 is 34.2 Å². The van der Waals surface area contributed by atoms with Gasteiger partial charge in [0.1, 0.15) is 29.3 Å². The number of nitrogens with two attached hydrogens (primary N) is 1. The number of rotatable bonds is 2. The number of benzene rings is 2. The molecule has 1 aromatic heterocycles. The first-order valence-corrected chi connectivity index (χ1v) is 13.7. The molecular formula is C30H31F9INO5. The van der Waals surface area contributed by atoms with Crippen LogP contribution in [0.2, 0.25) is 0 Å². The molecule has 4 N–H and O–H groups in total. The molecule has 0 amide bonds. The average Bonchev–Trinajstić information content (AvgIpc) is 3.35. The minimum atomic E-state index is -4.52. The number of halogens is 10. The second-order valence-electron chi connectivity index (χ2n) is 9.95. The lowest BCUT2D eigenvalue weighted by Gasteiger charge is -2.18. The third kappa shape index (κ3) is 16.0. The van der Waals surface area contributed by atoms with Gasteiger partial charge in [-0.1, -0.05) is 5.92 Å². The number of phenolic OH excluding ortho intramolecular Hbond substituents is 2. The molecule has 0 spiro atoms. The summed E-state index contributed by atoms with van der Waals surface area (Å²) in [7, 11) is 0. The number of ether oxygens (including phenoxy) is 1. The quantitative estimate of drug-likeness (QED) is 0.0598. The van der Waals surface area contributed by atoms with E-state index in [-0.39, 0.29) is 38.5 Å². The second kappa shape index (κ2) is 17.2. The summed E-state index contributed by atoms with van der Waals surface area (Å²) in [5.74, 6) is 2.41. The number of carbonyl (C=O) groups excluding carboxylic acids is 1. The fourth-order valence-electron chi connectivity index (χ4n) is 3.19. The van der Waals surface area contributed by atoms with Gasteiger partial charge in [-0.2, -0.15) is 39.5 Å². The van der Waals surface area contributed by atoms with Crippen molar-refractivity contribution in [2.75, 3.05) is 5.73 Å². The third-order valence-corrected chi connectivity index (χ3v) is 5.91. The predicted molar refractivity (Wildman–Crippen MR) is 161 cm³/mol. The predicted octanol–water partition coefficient (Wildman–Crippen LogP) is 9.36. The molecule has 0 atom stereocenters. The Balaban J connectivity index is 0.000000601. The Morgan fingerprint density at radius 3 is 1.67 bits per heavy atom. The Morgan fingerprint density at radius 1 is 0.870 bits per heavy atom. The maximum atomic E-state index is 12.4. The molecule has 0 fully saturated rings. The van der Waals surface area contributed by atoms with E-state index in [0.29, 0.717) is 5.76 Å². The van der Waals surface area contributed by atoms with Gasteiger partial charge in [-0.25, -0.2) is 0 Å². The lowest BCUT2D eigenvalue weighted by molar-refractivity contribution is -0.154. The summed E-state index contributed by atoms with van der Waals surface area (Å²) in [4.78, 5) is 11.2. The summed E-state index contributed by atoms with van der Waals surface area (Å²) < 4.78 is 117. The fraction of sp³-hybridized carbons (Fsp3) is 0.367. The summed E-state index contributed by atoms with van der Waals surface area (Å²) in [6, 6.07) is 8.17. The third-order valence-electron chi connectivity index (χ3n) is 5.01. The number of anilines is 1. The topological polar surface area (TPSA) is 106 Å². The van der Waals surface area contributed by atoms with Crippen molar-refractivity contribution in [3.8, 4) is 23.3 Å². The molecule has 0 saturated carbocycles. The summed E-state index contributed by atoms with van der Waals surface area (Å²) in [6.07, 6.45) is -11.5. The maximum absolute atomic E-state index is 12.4. The van der Waals surface area contributed by atoms with E-state index in [9.17, 15) is 44.3 Å². The SMILES string of the molecule is CC#CC(F)(F)F.CC(C)(C)OC(=O)Cc1ccco1.Cc1c(O)ccc(I)c1C(F)(F)F.Cc1c(O)ccc(N)c1C(F)(F)F. The van der Waals surface area contributed by atoms with Crippen LogP contribution in [0.5, 0.6) is 11.5 Å². The molecule has 16 heteroatoms. The molecule has 0 aliphatic heterocycles. The van der Waals surface area contributed by atoms with E-state index in [1.54, 1.807) is 46.9 Å². The molecule has 256 valence electrons. The highest BCUT2D eigenvalue weighted by Crippen LogP contribution is 2.39. The minimum absolute atomic E-state index is 0.0976. The standard InChI is InChI=1S/C10H14O3.C8H6F3IO.C8H8F3NO.C4H3F3/c1-10(2,3)13-9(11)7-8-5-4-6-12-8;2*1-4-6(13)3-2-5(12)7(4)8(9,10)11;1-2-3-4(5,6)7/h4-6H,7H2,1-3H3;2-3,13H,1H3;2-3,13H,12H2,1H3;1H3. The molecule has 0 bridgehead atoms.